The number of carbonyl (C=O) groups is 2. The Morgan fingerprint density at radius 1 is 1.04 bits per heavy atom. The van der Waals surface area contributed by atoms with E-state index in [2.05, 4.69) is 14.7 Å². The molecule has 246 valence electrons. The summed E-state index contributed by atoms with van der Waals surface area (Å²) < 4.78 is 122. The molecule has 3 heterocycles. The van der Waals surface area contributed by atoms with Crippen molar-refractivity contribution in [1.29, 1.82) is 0 Å². The number of rotatable bonds is 7. The Balaban J connectivity index is 1.33. The summed E-state index contributed by atoms with van der Waals surface area (Å²) >= 11 is 6.00. The van der Waals surface area contributed by atoms with E-state index >= 15 is 4.39 Å². The number of nitrogens with zero attached hydrogens (tertiary/aromatic N) is 3. The second kappa shape index (κ2) is 11.9. The van der Waals surface area contributed by atoms with Gasteiger partial charge in [0.15, 0.2) is 0 Å². The predicted octanol–water partition coefficient (Wildman–Crippen LogP) is 5.77. The third-order valence-corrected chi connectivity index (χ3v) is 9.06. The number of ether oxygens (including phenoxy) is 1. The zero-order chi connectivity index (χ0) is 33.1. The largest absolute Gasteiger partial charge is 0.493 e. The quantitative estimate of drug-likeness (QED) is 0.267. The number of hydrogen-bond acceptors (Lipinski definition) is 8. The van der Waals surface area contributed by atoms with E-state index in [1.165, 1.54) is 0 Å². The lowest BCUT2D eigenvalue weighted by molar-refractivity contribution is -0.216. The number of hydrogen-bond donors (Lipinski definition) is 0. The maximum atomic E-state index is 15.4. The van der Waals surface area contributed by atoms with Crippen LogP contribution < -0.4 is 4.74 Å². The number of amides is 1. The Hall–Kier alpha value is -3.18. The molecule has 2 saturated heterocycles. The molecule has 1 aliphatic carbocycles. The maximum Gasteiger partial charge on any atom is 0.493 e. The Labute approximate surface area is 257 Å². The fourth-order valence-electron chi connectivity index (χ4n) is 5.79. The van der Waals surface area contributed by atoms with Gasteiger partial charge in [-0.25, -0.2) is 22.6 Å². The molecule has 1 saturated carbocycles. The third kappa shape index (κ3) is 7.30. The number of alkyl halides is 6. The van der Waals surface area contributed by atoms with Crippen LogP contribution in [0, 0.1) is 5.82 Å². The normalized spacial score (nSPS) is 22.3. The van der Waals surface area contributed by atoms with Gasteiger partial charge in [0, 0.05) is 24.8 Å². The first-order chi connectivity index (χ1) is 20.8. The van der Waals surface area contributed by atoms with E-state index in [9.17, 15) is 44.3 Å². The Morgan fingerprint density at radius 2 is 1.67 bits per heavy atom. The van der Waals surface area contributed by atoms with Gasteiger partial charge in [-0.05, 0) is 73.8 Å². The number of carbonyl (C=O) groups excluding carboxylic acids is 2. The molecule has 2 aliphatic heterocycles. The molecular weight excluding hydrogens is 663 g/mol. The number of sulfonamides is 1. The van der Waals surface area contributed by atoms with Crippen LogP contribution in [0.4, 0.5) is 30.7 Å². The van der Waals surface area contributed by atoms with Crippen molar-refractivity contribution < 1.29 is 58.3 Å². The summed E-state index contributed by atoms with van der Waals surface area (Å²) in [7, 11) is -4.89. The summed E-state index contributed by atoms with van der Waals surface area (Å²) in [6, 6.07) is 2.74. The molecule has 3 fully saturated rings. The lowest BCUT2D eigenvalue weighted by atomic mass is 9.95. The van der Waals surface area contributed by atoms with Crippen LogP contribution in [-0.2, 0) is 32.4 Å². The lowest BCUT2D eigenvalue weighted by Gasteiger charge is -2.39. The molecule has 0 N–H and O–H groups in total. The summed E-state index contributed by atoms with van der Waals surface area (Å²) in [5.41, 5.74) is -0.883. The van der Waals surface area contributed by atoms with Crippen LogP contribution in [0.1, 0.15) is 71.5 Å². The Bertz CT molecular complexity index is 1600. The molecule has 2 unspecified atom stereocenters. The Morgan fingerprint density at radius 3 is 2.18 bits per heavy atom. The van der Waals surface area contributed by atoms with Crippen molar-refractivity contribution in [2.75, 3.05) is 6.26 Å². The van der Waals surface area contributed by atoms with Crippen molar-refractivity contribution in [3.8, 4) is 5.88 Å². The van der Waals surface area contributed by atoms with E-state index in [1.54, 1.807) is 0 Å². The van der Waals surface area contributed by atoms with E-state index in [4.69, 9.17) is 16.3 Å². The smallest absolute Gasteiger partial charge is 0.473 e. The van der Waals surface area contributed by atoms with Crippen molar-refractivity contribution in [1.82, 2.24) is 14.4 Å². The van der Waals surface area contributed by atoms with E-state index in [-0.39, 0.29) is 35.4 Å². The van der Waals surface area contributed by atoms with Crippen LogP contribution in [-0.4, -0.2) is 65.3 Å². The van der Waals surface area contributed by atoms with Gasteiger partial charge in [0.05, 0.1) is 17.4 Å². The molecule has 5 rings (SSSR count). The molecule has 45 heavy (non-hydrogen) atoms. The highest BCUT2D eigenvalue weighted by molar-refractivity contribution is 7.88. The van der Waals surface area contributed by atoms with E-state index < -0.39 is 61.8 Å². The molecule has 1 aromatic heterocycles. The van der Waals surface area contributed by atoms with Gasteiger partial charge in [-0.2, -0.15) is 26.3 Å². The van der Waals surface area contributed by atoms with Crippen molar-refractivity contribution in [3.05, 3.63) is 57.5 Å². The van der Waals surface area contributed by atoms with Gasteiger partial charge < -0.3 is 9.57 Å². The first-order valence-corrected chi connectivity index (χ1v) is 15.9. The highest BCUT2D eigenvalue weighted by atomic mass is 35.5. The highest BCUT2D eigenvalue weighted by Crippen LogP contribution is 2.45. The van der Waals surface area contributed by atoms with Crippen molar-refractivity contribution >= 4 is 33.5 Å². The SMILES string of the molecule is CS(=O)(=O)N(OC(=O)C(F)(F)F)C(=O)c1cc(C2CC2)c(CN2C3CCC2CC(Oc2ncc(C(F)(F)F)cc2Cl)C3)cc1F. The number of aromatic nitrogens is 1. The van der Waals surface area contributed by atoms with Gasteiger partial charge in [0.2, 0.25) is 5.88 Å². The number of hydroxylamine groups is 1. The van der Waals surface area contributed by atoms with Crippen LogP contribution in [0.25, 0.3) is 0 Å². The molecule has 18 heteroatoms. The van der Waals surface area contributed by atoms with Crippen molar-refractivity contribution in [2.24, 2.45) is 0 Å². The number of benzene rings is 1. The first kappa shape index (κ1) is 33.2. The van der Waals surface area contributed by atoms with Crippen LogP contribution in [0.15, 0.2) is 24.4 Å². The summed E-state index contributed by atoms with van der Waals surface area (Å²) in [5, 5.41) is -0.276. The monoisotopic (exact) mass is 687 g/mol. The lowest BCUT2D eigenvalue weighted by Crippen LogP contribution is -2.46. The van der Waals surface area contributed by atoms with Gasteiger partial charge >= 0.3 is 24.2 Å². The summed E-state index contributed by atoms with van der Waals surface area (Å²) in [6.45, 7) is 0.234. The van der Waals surface area contributed by atoms with Crippen LogP contribution in [0.3, 0.4) is 0 Å². The molecule has 2 aromatic rings. The molecule has 9 nitrogen and oxygen atoms in total. The predicted molar refractivity (Wildman–Crippen MR) is 142 cm³/mol. The fraction of sp³-hybridized carbons (Fsp3) is 0.519. The Kier molecular flexibility index (Phi) is 8.76. The third-order valence-electron chi connectivity index (χ3n) is 7.95. The van der Waals surface area contributed by atoms with Crippen LogP contribution >= 0.6 is 11.6 Å². The molecule has 2 bridgehead atoms. The molecule has 1 aromatic carbocycles. The van der Waals surface area contributed by atoms with Crippen LogP contribution in [0.5, 0.6) is 5.88 Å². The average molecular weight is 688 g/mol. The standard InChI is InChI=1S/C27H25ClF7N3O6S/c1-45(41,42)38(44-25(40)27(33,34)35)24(39)20-10-19(13-2-3-13)14(6-22(20)29)12-37-16-4-5-17(37)9-18(8-16)43-23-21(28)7-15(11-36-23)26(30,31)32/h6-7,10-11,13,16-18H,2-5,8-9,12H2,1H3. The van der Waals surface area contributed by atoms with E-state index in [0.717, 1.165) is 31.0 Å². The zero-order valence-electron chi connectivity index (χ0n) is 23.3. The first-order valence-electron chi connectivity index (χ1n) is 13.6. The van der Waals surface area contributed by atoms with Crippen molar-refractivity contribution in [2.45, 2.75) is 81.5 Å². The molecule has 0 radical (unpaired) electrons. The van der Waals surface area contributed by atoms with Gasteiger partial charge in [-0.1, -0.05) is 16.1 Å². The second-order valence-corrected chi connectivity index (χ2v) is 13.5. The molecule has 2 atom stereocenters. The van der Waals surface area contributed by atoms with E-state index in [1.807, 2.05) is 0 Å². The summed E-state index contributed by atoms with van der Waals surface area (Å²) in [4.78, 5) is 33.9. The molecule has 1 amide bonds. The second-order valence-electron chi connectivity index (χ2n) is 11.3. The number of piperidine rings is 1. The van der Waals surface area contributed by atoms with Crippen LogP contribution in [0.2, 0.25) is 5.02 Å². The van der Waals surface area contributed by atoms with Gasteiger partial charge in [-0.3, -0.25) is 9.69 Å². The molecule has 3 aliphatic rings. The number of pyridine rings is 1. The number of fused-ring (bicyclic) bond motifs is 2. The molecular formula is C27H25ClF7N3O6S. The van der Waals surface area contributed by atoms with Gasteiger partial charge in [0.1, 0.15) is 16.9 Å². The van der Waals surface area contributed by atoms with Crippen molar-refractivity contribution in [3.63, 3.8) is 0 Å². The minimum Gasteiger partial charge on any atom is -0.473 e. The van der Waals surface area contributed by atoms with Gasteiger partial charge in [-0.15, -0.1) is 0 Å². The molecule has 0 spiro atoms. The van der Waals surface area contributed by atoms with E-state index in [0.29, 0.717) is 49.3 Å². The zero-order valence-corrected chi connectivity index (χ0v) is 24.9. The highest BCUT2D eigenvalue weighted by Gasteiger charge is 2.46. The minimum atomic E-state index is -5.62. The average Bonchev–Trinajstić information content (AvgIpc) is 3.73. The summed E-state index contributed by atoms with van der Waals surface area (Å²) in [5.74, 6) is -6.22. The number of halogens is 8. The minimum absolute atomic E-state index is 0.0547. The topological polar surface area (TPSA) is 106 Å². The summed E-state index contributed by atoms with van der Waals surface area (Å²) in [6.07, 6.45) is -5.86. The maximum absolute atomic E-state index is 15.4. The fourth-order valence-corrected chi connectivity index (χ4v) is 6.61. The van der Waals surface area contributed by atoms with Gasteiger partial charge in [0.25, 0.3) is 10.0 Å².